The van der Waals surface area contributed by atoms with Crippen LogP contribution in [0.4, 0.5) is 0 Å². The second-order valence-corrected chi connectivity index (χ2v) is 12.0. The van der Waals surface area contributed by atoms with Crippen molar-refractivity contribution in [3.63, 3.8) is 0 Å². The predicted octanol–water partition coefficient (Wildman–Crippen LogP) is 4.42. The minimum absolute atomic E-state index is 0.0359. The van der Waals surface area contributed by atoms with Gasteiger partial charge in [-0.15, -0.1) is 0 Å². The Hall–Kier alpha value is -1.83. The minimum atomic E-state index is -3.53. The largest absolute Gasteiger partial charge is 0.282 e. The Kier molecular flexibility index (Phi) is 5.73. The van der Waals surface area contributed by atoms with E-state index in [0.717, 1.165) is 50.5 Å². The number of azide groups is 1. The number of fused-ring (bicyclic) bond motifs is 2. The third-order valence-electron chi connectivity index (χ3n) is 8.84. The van der Waals surface area contributed by atoms with Crippen molar-refractivity contribution in [3.05, 3.63) is 40.0 Å². The fourth-order valence-electron chi connectivity index (χ4n) is 6.99. The molecule has 0 unspecified atom stereocenters. The monoisotopic (exact) mass is 447 g/mol. The van der Waals surface area contributed by atoms with Crippen molar-refractivity contribution in [1.29, 1.82) is 0 Å². The summed E-state index contributed by atoms with van der Waals surface area (Å²) in [6.07, 6.45) is 8.72. The summed E-state index contributed by atoms with van der Waals surface area (Å²) in [7, 11) is -3.53. The van der Waals surface area contributed by atoms with Crippen LogP contribution in [0.25, 0.3) is 10.4 Å². The maximum absolute atomic E-state index is 11.9. The molecule has 4 rings (SSSR count). The third-order valence-corrected chi connectivity index (χ3v) is 9.40. The van der Waals surface area contributed by atoms with Crippen molar-refractivity contribution in [1.82, 2.24) is 10.2 Å². The van der Waals surface area contributed by atoms with Gasteiger partial charge < -0.3 is 0 Å². The SMILES string of the molecule is C=C1CC[C@H]2[C@H](COS(C)(=O)=O)[C@@H]([C@@]3(C)Cc4cn[nH]c4C[C@@H]3CN=[N+]=[N-])CC[C@]12C. The fraction of sp³-hybridized carbons (Fsp3) is 0.773. The number of hydrogen-bond donors (Lipinski definition) is 1. The molecule has 0 aromatic carbocycles. The molecule has 2 saturated carbocycles. The number of H-pyrrole nitrogens is 1. The molecule has 31 heavy (non-hydrogen) atoms. The molecular weight excluding hydrogens is 414 g/mol. The van der Waals surface area contributed by atoms with Crippen LogP contribution in [0, 0.1) is 34.5 Å². The summed E-state index contributed by atoms with van der Waals surface area (Å²) in [4.78, 5) is 3.03. The van der Waals surface area contributed by atoms with Gasteiger partial charge in [-0.05, 0) is 84.1 Å². The van der Waals surface area contributed by atoms with Gasteiger partial charge in [-0.3, -0.25) is 9.28 Å². The number of aromatic amines is 1. The van der Waals surface area contributed by atoms with Crippen molar-refractivity contribution in [2.45, 2.75) is 52.4 Å². The Morgan fingerprint density at radius 2 is 2.16 bits per heavy atom. The molecule has 0 spiro atoms. The molecule has 1 heterocycles. The van der Waals surface area contributed by atoms with Crippen molar-refractivity contribution in [2.24, 2.45) is 39.6 Å². The molecule has 0 aliphatic heterocycles. The lowest BCUT2D eigenvalue weighted by atomic mass is 9.49. The van der Waals surface area contributed by atoms with Gasteiger partial charge in [0.1, 0.15) is 0 Å². The molecule has 3 aliphatic carbocycles. The molecule has 8 nitrogen and oxygen atoms in total. The van der Waals surface area contributed by atoms with Crippen molar-refractivity contribution < 1.29 is 12.6 Å². The fourth-order valence-corrected chi connectivity index (χ4v) is 7.40. The molecule has 2 fully saturated rings. The molecule has 6 atom stereocenters. The van der Waals surface area contributed by atoms with E-state index in [2.05, 4.69) is 40.6 Å². The van der Waals surface area contributed by atoms with Gasteiger partial charge in [0, 0.05) is 17.2 Å². The third kappa shape index (κ3) is 3.92. The molecule has 0 bridgehead atoms. The quantitative estimate of drug-likeness (QED) is 0.228. The van der Waals surface area contributed by atoms with E-state index in [1.165, 1.54) is 11.1 Å². The molecule has 9 heteroatoms. The van der Waals surface area contributed by atoms with E-state index >= 15 is 0 Å². The predicted molar refractivity (Wildman–Crippen MR) is 119 cm³/mol. The molecule has 1 aromatic heterocycles. The van der Waals surface area contributed by atoms with Crippen LogP contribution in [-0.4, -0.2) is 38.0 Å². The summed E-state index contributed by atoms with van der Waals surface area (Å²) in [5.74, 6) is 0.888. The highest BCUT2D eigenvalue weighted by Gasteiger charge is 2.57. The summed E-state index contributed by atoms with van der Waals surface area (Å²) in [5.41, 5.74) is 12.5. The van der Waals surface area contributed by atoms with E-state index < -0.39 is 10.1 Å². The lowest BCUT2D eigenvalue weighted by Gasteiger charge is -2.55. The minimum Gasteiger partial charge on any atom is -0.282 e. The second kappa shape index (κ2) is 7.94. The van der Waals surface area contributed by atoms with E-state index in [0.29, 0.717) is 12.5 Å². The normalized spacial score (nSPS) is 37.7. The summed E-state index contributed by atoms with van der Waals surface area (Å²) in [6.45, 7) is 9.59. The Bertz CT molecular complexity index is 1010. The Morgan fingerprint density at radius 1 is 1.39 bits per heavy atom. The first-order chi connectivity index (χ1) is 14.6. The summed E-state index contributed by atoms with van der Waals surface area (Å²) in [5, 5.41) is 11.3. The number of hydrogen-bond acceptors (Lipinski definition) is 5. The average Bonchev–Trinajstić information content (AvgIpc) is 3.27. The van der Waals surface area contributed by atoms with Crippen LogP contribution in [0.3, 0.4) is 0 Å². The topological polar surface area (TPSA) is 121 Å². The Morgan fingerprint density at radius 3 is 2.87 bits per heavy atom. The van der Waals surface area contributed by atoms with Gasteiger partial charge in [-0.25, -0.2) is 0 Å². The summed E-state index contributed by atoms with van der Waals surface area (Å²) >= 11 is 0. The first-order valence-corrected chi connectivity index (χ1v) is 12.9. The van der Waals surface area contributed by atoms with Crippen LogP contribution in [0.15, 0.2) is 23.5 Å². The first-order valence-electron chi connectivity index (χ1n) is 11.1. The van der Waals surface area contributed by atoms with E-state index in [1.807, 2.05) is 6.20 Å². The van der Waals surface area contributed by atoms with Gasteiger partial charge in [0.05, 0.1) is 19.1 Å². The van der Waals surface area contributed by atoms with Crippen LogP contribution in [0.2, 0.25) is 0 Å². The molecule has 1 N–H and O–H groups in total. The Balaban J connectivity index is 1.73. The molecule has 0 radical (unpaired) electrons. The molecule has 1 aromatic rings. The van der Waals surface area contributed by atoms with Crippen molar-refractivity contribution in [2.75, 3.05) is 19.4 Å². The number of aromatic nitrogens is 2. The lowest BCUT2D eigenvalue weighted by Crippen LogP contribution is -2.52. The van der Waals surface area contributed by atoms with Gasteiger partial charge in [-0.1, -0.05) is 31.1 Å². The highest BCUT2D eigenvalue weighted by Crippen LogP contribution is 2.63. The highest BCUT2D eigenvalue weighted by molar-refractivity contribution is 7.85. The van der Waals surface area contributed by atoms with E-state index in [-0.39, 0.29) is 35.2 Å². The van der Waals surface area contributed by atoms with Crippen LogP contribution < -0.4 is 0 Å². The number of allylic oxidation sites excluding steroid dienone is 1. The smallest absolute Gasteiger partial charge is 0.264 e. The molecule has 0 amide bonds. The van der Waals surface area contributed by atoms with E-state index in [1.54, 1.807) is 0 Å². The second-order valence-electron chi connectivity index (χ2n) is 10.3. The van der Waals surface area contributed by atoms with Gasteiger partial charge in [0.25, 0.3) is 10.1 Å². The van der Waals surface area contributed by atoms with Crippen molar-refractivity contribution in [3.8, 4) is 0 Å². The zero-order chi connectivity index (χ0) is 22.4. The zero-order valence-corrected chi connectivity index (χ0v) is 19.5. The number of nitrogens with one attached hydrogen (secondary N) is 1. The molecular formula is C22H33N5O3S. The lowest BCUT2D eigenvalue weighted by molar-refractivity contribution is -0.0577. The number of nitrogens with zero attached hydrogens (tertiary/aromatic N) is 4. The zero-order valence-electron chi connectivity index (χ0n) is 18.7. The van der Waals surface area contributed by atoms with Gasteiger partial charge in [-0.2, -0.15) is 13.5 Å². The maximum Gasteiger partial charge on any atom is 0.264 e. The first kappa shape index (κ1) is 22.4. The average molecular weight is 448 g/mol. The van der Waals surface area contributed by atoms with Crippen LogP contribution in [0.1, 0.15) is 50.8 Å². The standard InChI is InChI=1S/C22H33N5O3S/c1-14-5-6-18-17(13-30-31(4,28)29)19(7-8-21(14,18)2)22(3)10-15-11-24-26-20(15)9-16(22)12-25-27-23/h11,16-19H,1,5-10,12-13H2,2-4H3,(H,24,26)/t16-,17+,18+,19+,21-,22+/m1/s1. The maximum atomic E-state index is 11.9. The van der Waals surface area contributed by atoms with Crippen LogP contribution >= 0.6 is 0 Å². The Labute approximate surface area is 184 Å². The summed E-state index contributed by atoms with van der Waals surface area (Å²) < 4.78 is 29.2. The van der Waals surface area contributed by atoms with E-state index in [9.17, 15) is 8.42 Å². The van der Waals surface area contributed by atoms with Crippen LogP contribution in [-0.2, 0) is 27.1 Å². The van der Waals surface area contributed by atoms with Crippen molar-refractivity contribution >= 4 is 10.1 Å². The van der Waals surface area contributed by atoms with E-state index in [4.69, 9.17) is 9.71 Å². The summed E-state index contributed by atoms with van der Waals surface area (Å²) in [6, 6.07) is 0. The molecule has 0 saturated heterocycles. The van der Waals surface area contributed by atoms with Gasteiger partial charge in [0.15, 0.2) is 0 Å². The van der Waals surface area contributed by atoms with Crippen LogP contribution in [0.5, 0.6) is 0 Å². The van der Waals surface area contributed by atoms with Gasteiger partial charge >= 0.3 is 0 Å². The number of rotatable bonds is 6. The molecule has 3 aliphatic rings. The molecule has 170 valence electrons. The van der Waals surface area contributed by atoms with Gasteiger partial charge in [0.2, 0.25) is 0 Å². The highest BCUT2D eigenvalue weighted by atomic mass is 32.2.